The van der Waals surface area contributed by atoms with Gasteiger partial charge in [0.1, 0.15) is 11.5 Å². The van der Waals surface area contributed by atoms with E-state index >= 15 is 0 Å². The van der Waals surface area contributed by atoms with E-state index in [1.165, 1.54) is 31.4 Å². The zero-order valence-corrected chi connectivity index (χ0v) is 17.4. The molecule has 3 aromatic rings. The first-order chi connectivity index (χ1) is 15.2. The topological polar surface area (TPSA) is 97.8 Å². The summed E-state index contributed by atoms with van der Waals surface area (Å²) in [6, 6.07) is 7.00. The van der Waals surface area contributed by atoms with E-state index < -0.39 is 0 Å². The predicted octanol–water partition coefficient (Wildman–Crippen LogP) is 3.89. The summed E-state index contributed by atoms with van der Waals surface area (Å²) in [6.45, 7) is 2.90. The summed E-state index contributed by atoms with van der Waals surface area (Å²) in [7, 11) is 0. The summed E-state index contributed by atoms with van der Waals surface area (Å²) >= 11 is 0. The van der Waals surface area contributed by atoms with Gasteiger partial charge in [-0.15, -0.1) is 0 Å². The average Bonchev–Trinajstić information content (AvgIpc) is 3.19. The molecule has 2 aliphatic rings. The number of aromatic nitrogens is 3. The number of rotatable bonds is 5. The maximum atomic E-state index is 11.1. The summed E-state index contributed by atoms with van der Waals surface area (Å²) < 4.78 is 7.57. The van der Waals surface area contributed by atoms with Crippen LogP contribution in [0.1, 0.15) is 32.1 Å². The summed E-state index contributed by atoms with van der Waals surface area (Å²) in [5, 5.41) is 14.8. The van der Waals surface area contributed by atoms with Gasteiger partial charge in [0, 0.05) is 49.2 Å². The van der Waals surface area contributed by atoms with Crippen LogP contribution >= 0.6 is 0 Å². The minimum Gasteiger partial charge on any atom is -0.378 e. The van der Waals surface area contributed by atoms with Gasteiger partial charge in [0.15, 0.2) is 11.5 Å². The van der Waals surface area contributed by atoms with E-state index in [-0.39, 0.29) is 10.6 Å². The van der Waals surface area contributed by atoms with E-state index in [0.29, 0.717) is 19.3 Å². The van der Waals surface area contributed by atoms with Gasteiger partial charge in [-0.25, -0.2) is 9.97 Å². The minimum absolute atomic E-state index is 0.0741. The molecule has 2 aromatic heterocycles. The zero-order chi connectivity index (χ0) is 21.2. The number of hydrogen-bond donors (Lipinski definition) is 1. The van der Waals surface area contributed by atoms with Crippen molar-refractivity contribution in [2.75, 3.05) is 36.5 Å². The van der Waals surface area contributed by atoms with Gasteiger partial charge in [-0.3, -0.25) is 14.5 Å². The fraction of sp³-hybridized carbons (Fsp3) is 0.455. The molecule has 1 aliphatic carbocycles. The Morgan fingerprint density at radius 2 is 1.84 bits per heavy atom. The third kappa shape index (κ3) is 3.93. The van der Waals surface area contributed by atoms with Gasteiger partial charge in [0.05, 0.1) is 18.1 Å². The lowest BCUT2D eigenvalue weighted by Gasteiger charge is -2.28. The molecule has 0 bridgehead atoms. The molecule has 0 atom stereocenters. The standard InChI is InChI=1S/C22H26N6O3/c29-28(30)18-8-6-16(7-9-18)19-20(24-17-4-2-1-3-5-17)27-11-10-23-21(22(27)25-19)26-12-14-31-15-13-26/h6-11,17,24H,1-5,12-15H2. The van der Waals surface area contributed by atoms with Crippen molar-refractivity contribution in [1.82, 2.24) is 14.4 Å². The number of nitrogens with zero attached hydrogens (tertiary/aromatic N) is 5. The first kappa shape index (κ1) is 19.7. The zero-order valence-electron chi connectivity index (χ0n) is 17.4. The molecular weight excluding hydrogens is 396 g/mol. The molecule has 1 aliphatic heterocycles. The number of anilines is 2. The Morgan fingerprint density at radius 3 is 2.55 bits per heavy atom. The molecule has 1 saturated heterocycles. The fourth-order valence-corrected chi connectivity index (χ4v) is 4.48. The molecule has 0 unspecified atom stereocenters. The minimum atomic E-state index is -0.380. The third-order valence-corrected chi connectivity index (χ3v) is 6.13. The van der Waals surface area contributed by atoms with E-state index in [1.807, 2.05) is 12.4 Å². The second-order valence-electron chi connectivity index (χ2n) is 8.14. The molecule has 0 radical (unpaired) electrons. The van der Waals surface area contributed by atoms with Gasteiger partial charge in [-0.1, -0.05) is 19.3 Å². The molecule has 31 heavy (non-hydrogen) atoms. The number of non-ortho nitro benzene ring substituents is 1. The number of nitro benzene ring substituents is 1. The number of nitrogens with one attached hydrogen (secondary N) is 1. The maximum absolute atomic E-state index is 11.1. The van der Waals surface area contributed by atoms with Crippen molar-refractivity contribution < 1.29 is 9.66 Å². The quantitative estimate of drug-likeness (QED) is 0.492. The Balaban J connectivity index is 1.61. The highest BCUT2D eigenvalue weighted by atomic mass is 16.6. The van der Waals surface area contributed by atoms with Crippen molar-refractivity contribution in [3.05, 3.63) is 46.8 Å². The second-order valence-corrected chi connectivity index (χ2v) is 8.14. The Hall–Kier alpha value is -3.20. The van der Waals surface area contributed by atoms with E-state index in [2.05, 4.69) is 19.6 Å². The van der Waals surface area contributed by atoms with Crippen LogP contribution in [0, 0.1) is 10.1 Å². The second kappa shape index (κ2) is 8.50. The lowest BCUT2D eigenvalue weighted by atomic mass is 9.95. The molecule has 9 heteroatoms. The van der Waals surface area contributed by atoms with Crippen molar-refractivity contribution >= 4 is 23.0 Å². The summed E-state index contributed by atoms with van der Waals surface area (Å²) in [5.41, 5.74) is 2.50. The highest BCUT2D eigenvalue weighted by molar-refractivity contribution is 5.81. The number of benzene rings is 1. The van der Waals surface area contributed by atoms with E-state index in [1.54, 1.807) is 12.1 Å². The molecule has 3 heterocycles. The summed E-state index contributed by atoms with van der Waals surface area (Å²) in [6.07, 6.45) is 9.75. The lowest BCUT2D eigenvalue weighted by molar-refractivity contribution is -0.384. The van der Waals surface area contributed by atoms with E-state index in [9.17, 15) is 10.1 Å². The molecule has 0 spiro atoms. The normalized spacial score (nSPS) is 17.7. The van der Waals surface area contributed by atoms with Crippen LogP contribution in [0.15, 0.2) is 36.7 Å². The van der Waals surface area contributed by atoms with Crippen LogP contribution in [0.3, 0.4) is 0 Å². The van der Waals surface area contributed by atoms with E-state index in [4.69, 9.17) is 9.72 Å². The largest absolute Gasteiger partial charge is 0.378 e. The van der Waals surface area contributed by atoms with Gasteiger partial charge in [0.25, 0.3) is 5.69 Å². The number of morpholine rings is 1. The van der Waals surface area contributed by atoms with Crippen LogP contribution in [-0.4, -0.2) is 51.6 Å². The van der Waals surface area contributed by atoms with Crippen molar-refractivity contribution in [2.45, 2.75) is 38.1 Å². The van der Waals surface area contributed by atoms with Crippen molar-refractivity contribution in [3.8, 4) is 11.3 Å². The van der Waals surface area contributed by atoms with Crippen molar-refractivity contribution in [1.29, 1.82) is 0 Å². The lowest BCUT2D eigenvalue weighted by Crippen LogP contribution is -2.37. The number of imidazole rings is 1. The number of hydrogen-bond acceptors (Lipinski definition) is 7. The average molecular weight is 422 g/mol. The molecule has 1 aromatic carbocycles. The molecule has 1 saturated carbocycles. The van der Waals surface area contributed by atoms with Crippen LogP contribution in [-0.2, 0) is 4.74 Å². The molecule has 2 fully saturated rings. The van der Waals surface area contributed by atoms with Gasteiger partial charge in [-0.05, 0) is 25.0 Å². The van der Waals surface area contributed by atoms with Gasteiger partial charge in [-0.2, -0.15) is 0 Å². The van der Waals surface area contributed by atoms with Crippen molar-refractivity contribution in [3.63, 3.8) is 0 Å². The number of fused-ring (bicyclic) bond motifs is 1. The van der Waals surface area contributed by atoms with E-state index in [0.717, 1.165) is 54.5 Å². The number of nitro groups is 1. The Labute approximate surface area is 180 Å². The number of ether oxygens (including phenoxy) is 1. The van der Waals surface area contributed by atoms with Gasteiger partial charge >= 0.3 is 0 Å². The molecule has 9 nitrogen and oxygen atoms in total. The first-order valence-electron chi connectivity index (χ1n) is 10.9. The summed E-state index contributed by atoms with van der Waals surface area (Å²) in [5.74, 6) is 1.76. The van der Waals surface area contributed by atoms with Gasteiger partial charge in [0.2, 0.25) is 0 Å². The maximum Gasteiger partial charge on any atom is 0.269 e. The van der Waals surface area contributed by atoms with Crippen LogP contribution in [0.2, 0.25) is 0 Å². The molecule has 0 amide bonds. The fourth-order valence-electron chi connectivity index (χ4n) is 4.48. The summed E-state index contributed by atoms with van der Waals surface area (Å²) in [4.78, 5) is 22.5. The van der Waals surface area contributed by atoms with Crippen molar-refractivity contribution in [2.24, 2.45) is 0 Å². The third-order valence-electron chi connectivity index (χ3n) is 6.13. The molecular formula is C22H26N6O3. The predicted molar refractivity (Wildman–Crippen MR) is 119 cm³/mol. The molecule has 162 valence electrons. The molecule has 1 N–H and O–H groups in total. The van der Waals surface area contributed by atoms with Gasteiger partial charge < -0.3 is 15.0 Å². The molecule has 5 rings (SSSR count). The van der Waals surface area contributed by atoms with Crippen LogP contribution in [0.4, 0.5) is 17.3 Å². The monoisotopic (exact) mass is 422 g/mol. The van der Waals surface area contributed by atoms with Crippen LogP contribution in [0.25, 0.3) is 16.9 Å². The Morgan fingerprint density at radius 1 is 1.10 bits per heavy atom. The Kier molecular flexibility index (Phi) is 5.42. The highest BCUT2D eigenvalue weighted by Crippen LogP contribution is 2.34. The Bertz CT molecular complexity index is 1070. The van der Waals surface area contributed by atoms with Crippen LogP contribution in [0.5, 0.6) is 0 Å². The van der Waals surface area contributed by atoms with Crippen LogP contribution < -0.4 is 10.2 Å². The highest BCUT2D eigenvalue weighted by Gasteiger charge is 2.24. The smallest absolute Gasteiger partial charge is 0.269 e. The SMILES string of the molecule is O=[N+]([O-])c1ccc(-c2nc3c(N4CCOCC4)nccn3c2NC2CCCCC2)cc1. The first-order valence-corrected chi connectivity index (χ1v) is 10.9.